The second kappa shape index (κ2) is 8.09. The van der Waals surface area contributed by atoms with Crippen LogP contribution < -0.4 is 4.74 Å². The molecular weight excluding hydrogens is 320 g/mol. The van der Waals surface area contributed by atoms with E-state index in [-0.39, 0.29) is 18.6 Å². The first-order chi connectivity index (χ1) is 12.2. The molecule has 1 aromatic carbocycles. The van der Waals surface area contributed by atoms with Crippen LogP contribution in [-0.4, -0.2) is 53.3 Å². The third-order valence-corrected chi connectivity index (χ3v) is 4.13. The average molecular weight is 342 g/mol. The number of aromatic nitrogens is 1. The summed E-state index contributed by atoms with van der Waals surface area (Å²) in [5.74, 6) is 1.16. The first-order valence-corrected chi connectivity index (χ1v) is 8.37. The van der Waals surface area contributed by atoms with E-state index in [1.165, 1.54) is 0 Å². The maximum absolute atomic E-state index is 12.7. The van der Waals surface area contributed by atoms with Gasteiger partial charge >= 0.3 is 0 Å². The number of carbonyl (C=O) groups excluding carboxylic acids is 1. The zero-order valence-electron chi connectivity index (χ0n) is 14.2. The minimum Gasteiger partial charge on any atom is -0.456 e. The molecule has 6 nitrogen and oxygen atoms in total. The van der Waals surface area contributed by atoms with Crippen molar-refractivity contribution in [1.82, 2.24) is 9.88 Å². The Morgan fingerprint density at radius 3 is 2.96 bits per heavy atom. The molecule has 6 heteroatoms. The van der Waals surface area contributed by atoms with Crippen molar-refractivity contribution in [2.45, 2.75) is 19.4 Å². The number of morpholine rings is 1. The summed E-state index contributed by atoms with van der Waals surface area (Å²) < 4.78 is 11.2. The molecule has 1 aliphatic heterocycles. The molecule has 0 aliphatic carbocycles. The zero-order valence-corrected chi connectivity index (χ0v) is 14.2. The Labute approximate surface area is 147 Å². The number of pyridine rings is 1. The van der Waals surface area contributed by atoms with Crippen LogP contribution in [0.1, 0.15) is 22.5 Å². The lowest BCUT2D eigenvalue weighted by Crippen LogP contribution is -2.49. The number of aryl methyl sites for hydroxylation is 1. The van der Waals surface area contributed by atoms with Crippen molar-refractivity contribution in [3.63, 3.8) is 0 Å². The van der Waals surface area contributed by atoms with E-state index in [2.05, 4.69) is 4.98 Å². The quantitative estimate of drug-likeness (QED) is 0.903. The molecule has 0 saturated carbocycles. The number of nitrogens with zero attached hydrogens (tertiary/aromatic N) is 2. The van der Waals surface area contributed by atoms with E-state index < -0.39 is 0 Å². The van der Waals surface area contributed by atoms with Crippen molar-refractivity contribution in [2.24, 2.45) is 0 Å². The molecule has 2 heterocycles. The molecule has 1 amide bonds. The maximum Gasteiger partial charge on any atom is 0.272 e. The Bertz CT molecular complexity index is 716. The van der Waals surface area contributed by atoms with Crippen molar-refractivity contribution in [3.05, 3.63) is 53.9 Å². The third-order valence-electron chi connectivity index (χ3n) is 4.13. The molecule has 0 bridgehead atoms. The van der Waals surface area contributed by atoms with Crippen LogP contribution in [-0.2, 0) is 4.74 Å². The Morgan fingerprint density at radius 2 is 2.24 bits per heavy atom. The van der Waals surface area contributed by atoms with Crippen LogP contribution in [0, 0.1) is 6.92 Å². The van der Waals surface area contributed by atoms with E-state index in [1.807, 2.05) is 31.2 Å². The highest BCUT2D eigenvalue weighted by atomic mass is 16.5. The number of amides is 1. The van der Waals surface area contributed by atoms with Gasteiger partial charge in [0.15, 0.2) is 0 Å². The summed E-state index contributed by atoms with van der Waals surface area (Å²) >= 11 is 0. The van der Waals surface area contributed by atoms with E-state index >= 15 is 0 Å². The lowest BCUT2D eigenvalue weighted by molar-refractivity contribution is -0.00858. The van der Waals surface area contributed by atoms with Gasteiger partial charge < -0.3 is 19.5 Å². The van der Waals surface area contributed by atoms with Gasteiger partial charge in [-0.3, -0.25) is 4.79 Å². The fourth-order valence-corrected chi connectivity index (χ4v) is 2.84. The fourth-order valence-electron chi connectivity index (χ4n) is 2.84. The van der Waals surface area contributed by atoms with E-state index in [9.17, 15) is 4.79 Å². The van der Waals surface area contributed by atoms with Crippen LogP contribution in [0.2, 0.25) is 0 Å². The second-order valence-corrected chi connectivity index (χ2v) is 6.04. The van der Waals surface area contributed by atoms with Crippen molar-refractivity contribution in [1.29, 1.82) is 0 Å². The largest absolute Gasteiger partial charge is 0.456 e. The predicted molar refractivity (Wildman–Crippen MR) is 92.8 cm³/mol. The Hall–Kier alpha value is -2.44. The lowest BCUT2D eigenvalue weighted by Gasteiger charge is -2.35. The lowest BCUT2D eigenvalue weighted by atomic mass is 10.1. The van der Waals surface area contributed by atoms with Gasteiger partial charge in [0, 0.05) is 13.2 Å². The second-order valence-electron chi connectivity index (χ2n) is 6.04. The van der Waals surface area contributed by atoms with Crippen LogP contribution in [0.3, 0.4) is 0 Å². The standard InChI is InChI=1S/C19H22N2O4/c1-14-3-2-4-16(11-14)25-17-5-6-18(20-12-17)19(23)21-8-10-24-13-15(21)7-9-22/h2-6,11-12,15,22H,7-10,13H2,1H3. The molecule has 1 N–H and O–H groups in total. The van der Waals surface area contributed by atoms with Crippen molar-refractivity contribution in [3.8, 4) is 11.5 Å². The first kappa shape index (κ1) is 17.4. The van der Waals surface area contributed by atoms with Crippen LogP contribution in [0.25, 0.3) is 0 Å². The summed E-state index contributed by atoms with van der Waals surface area (Å²) in [6, 6.07) is 11.0. The molecule has 1 fully saturated rings. The fraction of sp³-hybridized carbons (Fsp3) is 0.368. The number of hydrogen-bond acceptors (Lipinski definition) is 5. The van der Waals surface area contributed by atoms with E-state index in [0.29, 0.717) is 37.6 Å². The highest BCUT2D eigenvalue weighted by Crippen LogP contribution is 2.22. The number of benzene rings is 1. The third kappa shape index (κ3) is 4.35. The monoisotopic (exact) mass is 342 g/mol. The van der Waals surface area contributed by atoms with Gasteiger partial charge in [-0.1, -0.05) is 12.1 Å². The smallest absolute Gasteiger partial charge is 0.272 e. The van der Waals surface area contributed by atoms with E-state index in [4.69, 9.17) is 14.6 Å². The molecule has 132 valence electrons. The number of aliphatic hydroxyl groups is 1. The molecule has 1 unspecified atom stereocenters. The SMILES string of the molecule is Cc1cccc(Oc2ccc(C(=O)N3CCOCC3CCO)nc2)c1. The maximum atomic E-state index is 12.7. The normalized spacial score (nSPS) is 17.4. The summed E-state index contributed by atoms with van der Waals surface area (Å²) in [6.07, 6.45) is 2.05. The van der Waals surface area contributed by atoms with E-state index in [1.54, 1.807) is 23.2 Å². The van der Waals surface area contributed by atoms with Gasteiger partial charge in [-0.05, 0) is 43.2 Å². The summed E-state index contributed by atoms with van der Waals surface area (Å²) in [4.78, 5) is 18.7. The number of aliphatic hydroxyl groups excluding tert-OH is 1. The molecule has 1 aromatic heterocycles. The van der Waals surface area contributed by atoms with Crippen LogP contribution in [0.4, 0.5) is 0 Å². The number of ether oxygens (including phenoxy) is 2. The van der Waals surface area contributed by atoms with Crippen molar-refractivity contribution in [2.75, 3.05) is 26.4 Å². The number of carbonyl (C=O) groups is 1. The van der Waals surface area contributed by atoms with Crippen LogP contribution in [0.5, 0.6) is 11.5 Å². The Morgan fingerprint density at radius 1 is 1.36 bits per heavy atom. The Balaban J connectivity index is 1.69. The Kier molecular flexibility index (Phi) is 5.63. The summed E-state index contributed by atoms with van der Waals surface area (Å²) in [6.45, 7) is 3.47. The number of hydrogen-bond donors (Lipinski definition) is 1. The minimum atomic E-state index is -0.149. The van der Waals surface area contributed by atoms with Crippen molar-refractivity contribution >= 4 is 5.91 Å². The molecule has 0 spiro atoms. The molecule has 1 atom stereocenters. The summed E-state index contributed by atoms with van der Waals surface area (Å²) in [5, 5.41) is 9.16. The molecule has 0 radical (unpaired) electrons. The molecule has 3 rings (SSSR count). The topological polar surface area (TPSA) is 71.9 Å². The van der Waals surface area contributed by atoms with E-state index in [0.717, 1.165) is 11.3 Å². The zero-order chi connectivity index (χ0) is 17.6. The first-order valence-electron chi connectivity index (χ1n) is 8.37. The highest BCUT2D eigenvalue weighted by Gasteiger charge is 2.28. The van der Waals surface area contributed by atoms with Crippen molar-refractivity contribution < 1.29 is 19.4 Å². The van der Waals surface area contributed by atoms with Gasteiger partial charge in [-0.25, -0.2) is 4.98 Å². The van der Waals surface area contributed by atoms with Gasteiger partial charge in [0.1, 0.15) is 17.2 Å². The number of rotatable bonds is 5. The molecule has 1 saturated heterocycles. The average Bonchev–Trinajstić information content (AvgIpc) is 2.63. The van der Waals surface area contributed by atoms with Crippen LogP contribution in [0.15, 0.2) is 42.6 Å². The van der Waals surface area contributed by atoms with Gasteiger partial charge in [-0.2, -0.15) is 0 Å². The van der Waals surface area contributed by atoms with Gasteiger partial charge in [-0.15, -0.1) is 0 Å². The summed E-state index contributed by atoms with van der Waals surface area (Å²) in [7, 11) is 0. The van der Waals surface area contributed by atoms with Gasteiger partial charge in [0.25, 0.3) is 5.91 Å². The molecular formula is C19H22N2O4. The molecule has 2 aromatic rings. The van der Waals surface area contributed by atoms with Gasteiger partial charge in [0.2, 0.25) is 0 Å². The highest BCUT2D eigenvalue weighted by molar-refractivity contribution is 5.92. The van der Waals surface area contributed by atoms with Gasteiger partial charge in [0.05, 0.1) is 25.5 Å². The van der Waals surface area contributed by atoms with Crippen LogP contribution >= 0.6 is 0 Å². The minimum absolute atomic E-state index is 0.0223. The predicted octanol–water partition coefficient (Wildman–Crippen LogP) is 2.41. The molecule has 25 heavy (non-hydrogen) atoms. The summed E-state index contributed by atoms with van der Waals surface area (Å²) in [5.41, 5.74) is 1.47. The molecule has 1 aliphatic rings.